The average Bonchev–Trinajstić information content (AvgIpc) is 3.57. The summed E-state index contributed by atoms with van der Waals surface area (Å²) in [5.74, 6) is 0.872. The van der Waals surface area contributed by atoms with Gasteiger partial charge in [0.15, 0.2) is 10.8 Å². The molecule has 10 nitrogen and oxygen atoms in total. The second-order valence-corrected chi connectivity index (χ2v) is 11.6. The third kappa shape index (κ3) is 5.28. The van der Waals surface area contributed by atoms with Crippen LogP contribution in [0.25, 0.3) is 16.9 Å². The number of carbonyl (C=O) groups is 1. The van der Waals surface area contributed by atoms with Crippen molar-refractivity contribution in [2.24, 2.45) is 0 Å². The number of hydrogen-bond donors (Lipinski definition) is 1. The molecule has 6 rings (SSSR count). The molecule has 0 spiro atoms. The van der Waals surface area contributed by atoms with Crippen LogP contribution >= 0.6 is 11.3 Å². The second-order valence-electron chi connectivity index (χ2n) is 10.6. The van der Waals surface area contributed by atoms with Gasteiger partial charge in [-0.2, -0.15) is 5.26 Å². The van der Waals surface area contributed by atoms with Crippen LogP contribution in [0.4, 0.5) is 15.3 Å². The highest BCUT2D eigenvalue weighted by molar-refractivity contribution is 7.16. The first-order chi connectivity index (χ1) is 19.8. The molecule has 2 aliphatic rings. The normalized spacial score (nSPS) is 16.6. The zero-order valence-electron chi connectivity index (χ0n) is 23.0. The number of anilines is 2. The molecule has 1 N–H and O–H groups in total. The van der Waals surface area contributed by atoms with E-state index in [1.807, 2.05) is 18.1 Å². The lowest BCUT2D eigenvalue weighted by Gasteiger charge is -2.38. The van der Waals surface area contributed by atoms with Crippen molar-refractivity contribution >= 4 is 33.8 Å². The fourth-order valence-corrected chi connectivity index (χ4v) is 6.42. The van der Waals surface area contributed by atoms with E-state index in [1.54, 1.807) is 17.0 Å². The molecule has 1 amide bonds. The summed E-state index contributed by atoms with van der Waals surface area (Å²) in [7, 11) is 1.92. The third-order valence-corrected chi connectivity index (χ3v) is 8.96. The number of benzene rings is 1. The van der Waals surface area contributed by atoms with Crippen molar-refractivity contribution in [3.05, 3.63) is 58.7 Å². The number of aliphatic hydroxyl groups excluding tert-OH is 1. The Kier molecular flexibility index (Phi) is 7.42. The molecule has 1 aromatic carbocycles. The van der Waals surface area contributed by atoms with Gasteiger partial charge in [0.1, 0.15) is 28.3 Å². The topological polar surface area (TPSA) is 114 Å². The molecule has 0 radical (unpaired) electrons. The van der Waals surface area contributed by atoms with Crippen molar-refractivity contribution in [2.45, 2.75) is 38.2 Å². The van der Waals surface area contributed by atoms with Gasteiger partial charge in [-0.15, -0.1) is 0 Å². The van der Waals surface area contributed by atoms with Gasteiger partial charge in [0.25, 0.3) is 0 Å². The number of likely N-dealkylation sites (tertiary alicyclic amines) is 2. The third-order valence-electron chi connectivity index (χ3n) is 7.93. The van der Waals surface area contributed by atoms with Crippen molar-refractivity contribution in [2.75, 3.05) is 44.7 Å². The van der Waals surface area contributed by atoms with Gasteiger partial charge in [-0.3, -0.25) is 19.1 Å². The maximum absolute atomic E-state index is 13.5. The Bertz CT molecular complexity index is 1610. The van der Waals surface area contributed by atoms with E-state index in [-0.39, 0.29) is 23.7 Å². The van der Waals surface area contributed by atoms with Crippen LogP contribution in [-0.4, -0.2) is 86.0 Å². The Hall–Kier alpha value is -3.92. The lowest BCUT2D eigenvalue weighted by Crippen LogP contribution is -2.56. The lowest BCUT2D eigenvalue weighted by atomic mass is 9.93. The Morgan fingerprint density at radius 2 is 1.95 bits per heavy atom. The van der Waals surface area contributed by atoms with Crippen molar-refractivity contribution < 1.29 is 14.3 Å². The van der Waals surface area contributed by atoms with E-state index in [2.05, 4.69) is 28.5 Å². The first-order valence-corrected chi connectivity index (χ1v) is 14.6. The molecule has 5 heterocycles. The standard InChI is InChI=1S/C29H31FN8O2S/c1-3-22-28(35(2)29-34-27(24(12-31)41-29)19-4-6-20(30)7-5-19)38-16-23(32-13-25(38)33-22)18-8-10-36(11-9-18)17-26(40)37-14-21(39)15-37/h4-7,13,16,18,21,39H,3,8-11,14-15,17H2,1-2H3. The van der Waals surface area contributed by atoms with Gasteiger partial charge in [-0.05, 0) is 56.6 Å². The van der Waals surface area contributed by atoms with Gasteiger partial charge in [0.2, 0.25) is 5.91 Å². The van der Waals surface area contributed by atoms with Gasteiger partial charge in [0.05, 0.1) is 30.2 Å². The van der Waals surface area contributed by atoms with Crippen LogP contribution < -0.4 is 4.90 Å². The zero-order chi connectivity index (χ0) is 28.7. The number of aromatic nitrogens is 4. The summed E-state index contributed by atoms with van der Waals surface area (Å²) >= 11 is 1.29. The molecule has 0 saturated carbocycles. The van der Waals surface area contributed by atoms with Crippen molar-refractivity contribution in [3.63, 3.8) is 0 Å². The Balaban J connectivity index is 1.24. The fraction of sp³-hybridized carbons (Fsp3) is 0.414. The average molecular weight is 575 g/mol. The highest BCUT2D eigenvalue weighted by Gasteiger charge is 2.31. The predicted octanol–water partition coefficient (Wildman–Crippen LogP) is 3.58. The molecule has 41 heavy (non-hydrogen) atoms. The van der Waals surface area contributed by atoms with Crippen LogP contribution in [0.1, 0.15) is 41.9 Å². The number of aliphatic hydroxyl groups is 1. The van der Waals surface area contributed by atoms with Crippen LogP contribution in [0, 0.1) is 17.1 Å². The number of aryl methyl sites for hydroxylation is 1. The largest absolute Gasteiger partial charge is 0.389 e. The first kappa shape index (κ1) is 27.3. The second kappa shape index (κ2) is 11.2. The van der Waals surface area contributed by atoms with E-state index in [1.165, 1.54) is 23.5 Å². The SMILES string of the molecule is CCc1nc2cnc(C3CCN(CC(=O)N4CC(O)C4)CC3)cn2c1N(C)c1nc(-c2ccc(F)cc2)c(C#N)s1. The van der Waals surface area contributed by atoms with Crippen LogP contribution in [0.2, 0.25) is 0 Å². The number of nitrogens with zero attached hydrogens (tertiary/aromatic N) is 8. The van der Waals surface area contributed by atoms with Gasteiger partial charge in [0, 0.05) is 37.8 Å². The summed E-state index contributed by atoms with van der Waals surface area (Å²) in [5, 5.41) is 19.9. The van der Waals surface area contributed by atoms with Gasteiger partial charge < -0.3 is 14.9 Å². The van der Waals surface area contributed by atoms with Gasteiger partial charge in [-0.25, -0.2) is 14.4 Å². The zero-order valence-corrected chi connectivity index (χ0v) is 23.8. The molecule has 0 aliphatic carbocycles. The molecule has 3 aromatic heterocycles. The fourth-order valence-electron chi connectivity index (χ4n) is 5.57. The van der Waals surface area contributed by atoms with Gasteiger partial charge in [-0.1, -0.05) is 18.3 Å². The number of piperidine rings is 1. The summed E-state index contributed by atoms with van der Waals surface area (Å²) in [5.41, 5.74) is 3.84. The number of amides is 1. The quantitative estimate of drug-likeness (QED) is 0.356. The van der Waals surface area contributed by atoms with E-state index in [4.69, 9.17) is 15.0 Å². The summed E-state index contributed by atoms with van der Waals surface area (Å²) in [6.07, 6.45) is 5.98. The monoisotopic (exact) mass is 574 g/mol. The minimum Gasteiger partial charge on any atom is -0.389 e. The minimum atomic E-state index is -0.383. The predicted molar refractivity (Wildman–Crippen MR) is 154 cm³/mol. The summed E-state index contributed by atoms with van der Waals surface area (Å²) in [4.78, 5) is 33.1. The molecule has 0 bridgehead atoms. The summed E-state index contributed by atoms with van der Waals surface area (Å²) < 4.78 is 15.6. The van der Waals surface area contributed by atoms with Gasteiger partial charge >= 0.3 is 0 Å². The highest BCUT2D eigenvalue weighted by atomic mass is 32.1. The molecule has 0 atom stereocenters. The first-order valence-electron chi connectivity index (χ1n) is 13.8. The molecule has 2 fully saturated rings. The molecule has 212 valence electrons. The minimum absolute atomic E-state index is 0.0795. The number of β-amino-alcohol motifs (C(OH)–C–C–N with tert-alkyl or cyclic N) is 1. The van der Waals surface area contributed by atoms with E-state index in [0.29, 0.717) is 47.3 Å². The highest BCUT2D eigenvalue weighted by Crippen LogP contribution is 2.37. The Morgan fingerprint density at radius 3 is 2.61 bits per heavy atom. The number of carbonyl (C=O) groups excluding carboxylic acids is 1. The van der Waals surface area contributed by atoms with E-state index >= 15 is 0 Å². The van der Waals surface area contributed by atoms with Crippen molar-refractivity contribution in [1.82, 2.24) is 29.2 Å². The van der Waals surface area contributed by atoms with Crippen LogP contribution in [0.3, 0.4) is 0 Å². The van der Waals surface area contributed by atoms with E-state index < -0.39 is 0 Å². The smallest absolute Gasteiger partial charge is 0.236 e. The maximum Gasteiger partial charge on any atom is 0.236 e. The molecule has 2 saturated heterocycles. The van der Waals surface area contributed by atoms with Crippen LogP contribution in [0.5, 0.6) is 0 Å². The number of fused-ring (bicyclic) bond motifs is 1. The van der Waals surface area contributed by atoms with E-state index in [9.17, 15) is 19.6 Å². The number of halogens is 1. The van der Waals surface area contributed by atoms with Crippen LogP contribution in [0.15, 0.2) is 36.7 Å². The summed E-state index contributed by atoms with van der Waals surface area (Å²) in [6.45, 7) is 4.94. The van der Waals surface area contributed by atoms with E-state index in [0.717, 1.165) is 48.8 Å². The maximum atomic E-state index is 13.5. The number of rotatable bonds is 7. The molecule has 4 aromatic rings. The Labute approximate surface area is 241 Å². The molecule has 12 heteroatoms. The lowest BCUT2D eigenvalue weighted by molar-refractivity contribution is -0.142. The number of hydrogen-bond acceptors (Lipinski definition) is 9. The number of imidazole rings is 1. The van der Waals surface area contributed by atoms with Crippen molar-refractivity contribution in [1.29, 1.82) is 5.26 Å². The molecule has 0 unspecified atom stereocenters. The molecule has 2 aliphatic heterocycles. The summed E-state index contributed by atoms with van der Waals surface area (Å²) in [6, 6.07) is 8.25. The molecular weight excluding hydrogens is 543 g/mol. The molecular formula is C29H31FN8O2S. The number of nitriles is 1. The van der Waals surface area contributed by atoms with Crippen molar-refractivity contribution in [3.8, 4) is 17.3 Å². The number of thiazole rings is 1. The Morgan fingerprint density at radius 1 is 1.22 bits per heavy atom. The van der Waals surface area contributed by atoms with Crippen LogP contribution in [-0.2, 0) is 11.2 Å².